The lowest BCUT2D eigenvalue weighted by atomic mass is 10.1. The highest BCUT2D eigenvalue weighted by molar-refractivity contribution is 14.0. The first kappa shape index (κ1) is 24.2. The molecule has 8 heteroatoms. The van der Waals surface area contributed by atoms with Gasteiger partial charge in [0.25, 0.3) is 0 Å². The van der Waals surface area contributed by atoms with Crippen LogP contribution in [0.4, 0.5) is 4.39 Å². The molecular weight excluding hydrogens is 500 g/mol. The van der Waals surface area contributed by atoms with E-state index in [4.69, 9.17) is 9.47 Å². The average molecular weight is 529 g/mol. The van der Waals surface area contributed by atoms with E-state index in [-0.39, 0.29) is 29.7 Å². The number of phenolic OH excluding ortho intramolecular Hbond substituents is 1. The van der Waals surface area contributed by atoms with Crippen LogP contribution in [-0.2, 0) is 17.8 Å². The molecule has 6 nitrogen and oxygen atoms in total. The summed E-state index contributed by atoms with van der Waals surface area (Å²) >= 11 is 0. The number of hydrogen-bond acceptors (Lipinski definition) is 4. The van der Waals surface area contributed by atoms with Crippen LogP contribution in [0, 0.1) is 18.7 Å². The number of aromatic hydroxyl groups is 1. The number of guanidine groups is 1. The summed E-state index contributed by atoms with van der Waals surface area (Å²) in [7, 11) is 1.68. The Balaban J connectivity index is 0.00000320. The van der Waals surface area contributed by atoms with Crippen molar-refractivity contribution in [3.8, 4) is 11.5 Å². The van der Waals surface area contributed by atoms with Crippen molar-refractivity contribution in [3.05, 3.63) is 58.9 Å². The van der Waals surface area contributed by atoms with Crippen LogP contribution < -0.4 is 15.4 Å². The SMILES string of the molecule is CN=C(NCc1ccc(O)c(F)c1)NCc1ccc(C)cc1OCC1CCOC1.I. The summed E-state index contributed by atoms with van der Waals surface area (Å²) in [6.45, 7) is 5.18. The van der Waals surface area contributed by atoms with Gasteiger partial charge in [0.15, 0.2) is 17.5 Å². The molecule has 1 aliphatic rings. The quantitative estimate of drug-likeness (QED) is 0.290. The van der Waals surface area contributed by atoms with Crippen LogP contribution in [-0.4, -0.2) is 37.9 Å². The Labute approximate surface area is 193 Å². The molecule has 1 heterocycles. The predicted octanol–water partition coefficient (Wildman–Crippen LogP) is 3.74. The van der Waals surface area contributed by atoms with E-state index in [1.807, 2.05) is 19.1 Å². The third-order valence-electron chi connectivity index (χ3n) is 4.86. The minimum Gasteiger partial charge on any atom is -0.505 e. The molecule has 30 heavy (non-hydrogen) atoms. The van der Waals surface area contributed by atoms with Gasteiger partial charge in [-0.1, -0.05) is 18.2 Å². The molecular formula is C22H29FIN3O3. The number of benzene rings is 2. The number of phenols is 1. The fourth-order valence-corrected chi connectivity index (χ4v) is 3.11. The monoisotopic (exact) mass is 529 g/mol. The number of hydrogen-bond donors (Lipinski definition) is 3. The largest absolute Gasteiger partial charge is 0.505 e. The van der Waals surface area contributed by atoms with Crippen LogP contribution >= 0.6 is 24.0 Å². The Morgan fingerprint density at radius 2 is 2.03 bits per heavy atom. The Morgan fingerprint density at radius 1 is 1.23 bits per heavy atom. The third kappa shape index (κ3) is 7.02. The molecule has 1 unspecified atom stereocenters. The lowest BCUT2D eigenvalue weighted by Crippen LogP contribution is -2.36. The van der Waals surface area contributed by atoms with Gasteiger partial charge in [0.05, 0.1) is 13.2 Å². The molecule has 0 aliphatic carbocycles. The lowest BCUT2D eigenvalue weighted by molar-refractivity contribution is 0.166. The molecule has 2 aromatic rings. The molecule has 0 spiro atoms. The number of nitrogens with zero attached hydrogens (tertiary/aromatic N) is 1. The van der Waals surface area contributed by atoms with Gasteiger partial charge in [-0.05, 0) is 42.7 Å². The number of nitrogens with one attached hydrogen (secondary N) is 2. The molecule has 3 N–H and O–H groups in total. The van der Waals surface area contributed by atoms with Crippen molar-refractivity contribution >= 4 is 29.9 Å². The number of halogens is 2. The zero-order valence-electron chi connectivity index (χ0n) is 17.3. The van der Waals surface area contributed by atoms with Crippen LogP contribution in [0.2, 0.25) is 0 Å². The summed E-state index contributed by atoms with van der Waals surface area (Å²) in [4.78, 5) is 4.21. The van der Waals surface area contributed by atoms with E-state index < -0.39 is 5.82 Å². The standard InChI is InChI=1S/C22H28FN3O3.HI/c1-15-3-5-18(21(9-15)29-14-17-7-8-28-13-17)12-26-22(24-2)25-11-16-4-6-20(27)19(23)10-16;/h3-6,9-10,17,27H,7-8,11-14H2,1-2H3,(H2,24,25,26);1H. The van der Waals surface area contributed by atoms with Crippen molar-refractivity contribution in [2.75, 3.05) is 26.9 Å². The second kappa shape index (κ2) is 11.9. The lowest BCUT2D eigenvalue weighted by Gasteiger charge is -2.17. The Bertz CT molecular complexity index is 858. The molecule has 0 saturated carbocycles. The van der Waals surface area contributed by atoms with Crippen molar-refractivity contribution < 1.29 is 19.0 Å². The highest BCUT2D eigenvalue weighted by Crippen LogP contribution is 2.22. The first-order valence-corrected chi connectivity index (χ1v) is 9.77. The van der Waals surface area contributed by atoms with Crippen molar-refractivity contribution in [1.82, 2.24) is 10.6 Å². The van der Waals surface area contributed by atoms with Crippen LogP contribution in [0.5, 0.6) is 11.5 Å². The van der Waals surface area contributed by atoms with Crippen LogP contribution in [0.25, 0.3) is 0 Å². The zero-order chi connectivity index (χ0) is 20.6. The van der Waals surface area contributed by atoms with Gasteiger partial charge >= 0.3 is 0 Å². The fraction of sp³-hybridized carbons (Fsp3) is 0.409. The van der Waals surface area contributed by atoms with Gasteiger partial charge in [-0.15, -0.1) is 24.0 Å². The second-order valence-electron chi connectivity index (χ2n) is 7.22. The van der Waals surface area contributed by atoms with Gasteiger partial charge < -0.3 is 25.2 Å². The Hall–Kier alpha value is -2.07. The summed E-state index contributed by atoms with van der Waals surface area (Å²) in [6.07, 6.45) is 1.04. The van der Waals surface area contributed by atoms with E-state index in [0.717, 1.165) is 36.5 Å². The smallest absolute Gasteiger partial charge is 0.191 e. The minimum atomic E-state index is -0.638. The van der Waals surface area contributed by atoms with E-state index in [0.29, 0.717) is 37.1 Å². The van der Waals surface area contributed by atoms with Crippen molar-refractivity contribution in [2.45, 2.75) is 26.4 Å². The maximum atomic E-state index is 13.5. The highest BCUT2D eigenvalue weighted by Gasteiger charge is 2.17. The van der Waals surface area contributed by atoms with Crippen molar-refractivity contribution in [3.63, 3.8) is 0 Å². The number of aryl methyl sites for hydroxylation is 1. The number of rotatable bonds is 7. The average Bonchev–Trinajstić information content (AvgIpc) is 3.24. The molecule has 0 radical (unpaired) electrons. The minimum absolute atomic E-state index is 0. The van der Waals surface area contributed by atoms with Crippen LogP contribution in [0.3, 0.4) is 0 Å². The van der Waals surface area contributed by atoms with Crippen LogP contribution in [0.15, 0.2) is 41.4 Å². The molecule has 164 valence electrons. The maximum absolute atomic E-state index is 13.5. The van der Waals surface area contributed by atoms with Gasteiger partial charge in [0.1, 0.15) is 5.75 Å². The molecule has 0 aromatic heterocycles. The Morgan fingerprint density at radius 3 is 2.73 bits per heavy atom. The normalized spacial score (nSPS) is 16.1. The molecule has 1 aliphatic heterocycles. The summed E-state index contributed by atoms with van der Waals surface area (Å²) in [6, 6.07) is 10.4. The Kier molecular flexibility index (Phi) is 9.64. The third-order valence-corrected chi connectivity index (χ3v) is 4.86. The van der Waals surface area contributed by atoms with E-state index in [1.165, 1.54) is 12.1 Å². The predicted molar refractivity (Wildman–Crippen MR) is 126 cm³/mol. The van der Waals surface area contributed by atoms with E-state index in [9.17, 15) is 9.50 Å². The summed E-state index contributed by atoms with van der Waals surface area (Å²) in [5, 5.41) is 15.7. The maximum Gasteiger partial charge on any atom is 0.191 e. The number of aliphatic imine (C=N–C) groups is 1. The van der Waals surface area contributed by atoms with Gasteiger partial charge in [-0.25, -0.2) is 4.39 Å². The topological polar surface area (TPSA) is 75.1 Å². The molecule has 1 atom stereocenters. The molecule has 0 bridgehead atoms. The second-order valence-corrected chi connectivity index (χ2v) is 7.22. The summed E-state index contributed by atoms with van der Waals surface area (Å²) in [5.41, 5.74) is 2.89. The van der Waals surface area contributed by atoms with Gasteiger partial charge in [-0.3, -0.25) is 4.99 Å². The number of ether oxygens (including phenoxy) is 2. The van der Waals surface area contributed by atoms with Crippen LogP contribution in [0.1, 0.15) is 23.1 Å². The van der Waals surface area contributed by atoms with E-state index in [2.05, 4.69) is 21.7 Å². The summed E-state index contributed by atoms with van der Waals surface area (Å²) < 4.78 is 25.0. The van der Waals surface area contributed by atoms with E-state index in [1.54, 1.807) is 13.1 Å². The molecule has 2 aromatic carbocycles. The first-order valence-electron chi connectivity index (χ1n) is 9.77. The highest BCUT2D eigenvalue weighted by atomic mass is 127. The first-order chi connectivity index (χ1) is 14.0. The van der Waals surface area contributed by atoms with Gasteiger partial charge in [0.2, 0.25) is 0 Å². The van der Waals surface area contributed by atoms with Gasteiger partial charge in [0, 0.05) is 38.2 Å². The van der Waals surface area contributed by atoms with Crippen molar-refractivity contribution in [1.29, 1.82) is 0 Å². The molecule has 0 amide bonds. The molecule has 1 saturated heterocycles. The fourth-order valence-electron chi connectivity index (χ4n) is 3.11. The molecule has 1 fully saturated rings. The molecule has 3 rings (SSSR count). The van der Waals surface area contributed by atoms with E-state index >= 15 is 0 Å². The summed E-state index contributed by atoms with van der Waals surface area (Å²) in [5.74, 6) is 0.903. The van der Waals surface area contributed by atoms with Crippen molar-refractivity contribution in [2.24, 2.45) is 10.9 Å². The zero-order valence-corrected chi connectivity index (χ0v) is 19.6. The van der Waals surface area contributed by atoms with Gasteiger partial charge in [-0.2, -0.15) is 0 Å².